The Bertz CT molecular complexity index is 623. The summed E-state index contributed by atoms with van der Waals surface area (Å²) in [5, 5.41) is 0. The van der Waals surface area contributed by atoms with Crippen LogP contribution in [0.15, 0.2) is 36.4 Å². The Morgan fingerprint density at radius 3 is 2.70 bits per heavy atom. The van der Waals surface area contributed by atoms with Crippen molar-refractivity contribution in [3.63, 3.8) is 0 Å². The number of rotatable bonds is 5. The van der Waals surface area contributed by atoms with Crippen LogP contribution in [0.5, 0.6) is 11.5 Å². The maximum atomic E-state index is 13.3. The Hall–Kier alpha value is -2.36. The number of benzene rings is 2. The van der Waals surface area contributed by atoms with Gasteiger partial charge in [-0.3, -0.25) is 4.79 Å². The van der Waals surface area contributed by atoms with Crippen molar-refractivity contribution >= 4 is 6.29 Å². The quantitative estimate of drug-likeness (QED) is 0.782. The van der Waals surface area contributed by atoms with E-state index in [4.69, 9.17) is 9.47 Å². The number of methoxy groups -OCH3 is 1. The summed E-state index contributed by atoms with van der Waals surface area (Å²) in [5.74, 6) is 0.527. The van der Waals surface area contributed by atoms with Gasteiger partial charge in [0.2, 0.25) is 0 Å². The molecule has 0 heterocycles. The van der Waals surface area contributed by atoms with E-state index >= 15 is 0 Å². The Morgan fingerprint density at radius 1 is 1.20 bits per heavy atom. The molecule has 0 fully saturated rings. The van der Waals surface area contributed by atoms with E-state index < -0.39 is 5.82 Å². The van der Waals surface area contributed by atoms with E-state index in [-0.39, 0.29) is 12.2 Å². The Morgan fingerprint density at radius 2 is 2.00 bits per heavy atom. The van der Waals surface area contributed by atoms with Gasteiger partial charge in [-0.2, -0.15) is 0 Å². The molecule has 0 aliphatic rings. The number of hydrogen-bond donors (Lipinski definition) is 0. The minimum absolute atomic E-state index is 0.243. The van der Waals surface area contributed by atoms with Crippen LogP contribution in [-0.2, 0) is 6.61 Å². The summed E-state index contributed by atoms with van der Waals surface area (Å²) in [6, 6.07) is 9.64. The molecule has 0 bridgehead atoms. The second-order valence-electron chi connectivity index (χ2n) is 4.44. The summed E-state index contributed by atoms with van der Waals surface area (Å²) in [7, 11) is 1.58. The summed E-state index contributed by atoms with van der Waals surface area (Å²) >= 11 is 0. The van der Waals surface area contributed by atoms with Gasteiger partial charge in [0, 0.05) is 17.2 Å². The van der Waals surface area contributed by atoms with E-state index in [9.17, 15) is 9.18 Å². The van der Waals surface area contributed by atoms with Crippen molar-refractivity contribution in [1.29, 1.82) is 0 Å². The SMILES string of the molecule is COc1ccc(C)cc1COc1cc(F)cc(C=O)c1. The lowest BCUT2D eigenvalue weighted by Gasteiger charge is -2.11. The molecule has 2 aromatic rings. The molecule has 3 nitrogen and oxygen atoms in total. The first-order valence-electron chi connectivity index (χ1n) is 6.14. The van der Waals surface area contributed by atoms with Crippen molar-refractivity contribution in [2.45, 2.75) is 13.5 Å². The van der Waals surface area contributed by atoms with Crippen molar-refractivity contribution in [1.82, 2.24) is 0 Å². The van der Waals surface area contributed by atoms with E-state index in [0.29, 0.717) is 17.8 Å². The van der Waals surface area contributed by atoms with Gasteiger partial charge in [-0.15, -0.1) is 0 Å². The molecule has 20 heavy (non-hydrogen) atoms. The molecule has 0 unspecified atom stereocenters. The molecular formula is C16H15FO3. The number of aryl methyl sites for hydroxylation is 1. The third-order valence-electron chi connectivity index (χ3n) is 2.86. The van der Waals surface area contributed by atoms with Crippen molar-refractivity contribution < 1.29 is 18.7 Å². The zero-order valence-corrected chi connectivity index (χ0v) is 11.4. The number of ether oxygens (including phenoxy) is 2. The van der Waals surface area contributed by atoms with Crippen LogP contribution in [0.4, 0.5) is 4.39 Å². The molecule has 0 saturated carbocycles. The average molecular weight is 274 g/mol. The lowest BCUT2D eigenvalue weighted by Crippen LogP contribution is -2.00. The van der Waals surface area contributed by atoms with Gasteiger partial charge in [-0.1, -0.05) is 11.6 Å². The second-order valence-corrected chi connectivity index (χ2v) is 4.44. The van der Waals surface area contributed by atoms with Crippen LogP contribution in [0.3, 0.4) is 0 Å². The van der Waals surface area contributed by atoms with Crippen molar-refractivity contribution in [3.8, 4) is 11.5 Å². The number of halogens is 1. The topological polar surface area (TPSA) is 35.5 Å². The maximum absolute atomic E-state index is 13.3. The second kappa shape index (κ2) is 6.19. The molecule has 104 valence electrons. The molecule has 0 aromatic heterocycles. The van der Waals surface area contributed by atoms with Gasteiger partial charge in [-0.05, 0) is 31.2 Å². The normalized spacial score (nSPS) is 10.2. The van der Waals surface area contributed by atoms with Gasteiger partial charge < -0.3 is 9.47 Å². The summed E-state index contributed by atoms with van der Waals surface area (Å²) in [6.45, 7) is 2.21. The molecule has 0 spiro atoms. The molecule has 0 amide bonds. The first-order valence-corrected chi connectivity index (χ1v) is 6.14. The highest BCUT2D eigenvalue weighted by Gasteiger charge is 2.06. The molecule has 0 atom stereocenters. The third-order valence-corrected chi connectivity index (χ3v) is 2.86. The van der Waals surface area contributed by atoms with E-state index in [0.717, 1.165) is 17.2 Å². The highest BCUT2D eigenvalue weighted by Crippen LogP contribution is 2.23. The van der Waals surface area contributed by atoms with Crippen molar-refractivity contribution in [2.24, 2.45) is 0 Å². The van der Waals surface area contributed by atoms with Crippen LogP contribution in [0.1, 0.15) is 21.5 Å². The van der Waals surface area contributed by atoms with Crippen LogP contribution in [0.25, 0.3) is 0 Å². The minimum Gasteiger partial charge on any atom is -0.496 e. The third kappa shape index (κ3) is 3.35. The van der Waals surface area contributed by atoms with Gasteiger partial charge in [0.1, 0.15) is 30.2 Å². The van der Waals surface area contributed by atoms with E-state index in [1.54, 1.807) is 7.11 Å². The fraction of sp³-hybridized carbons (Fsp3) is 0.188. The predicted octanol–water partition coefficient (Wildman–Crippen LogP) is 3.53. The molecule has 0 aliphatic heterocycles. The molecule has 0 N–H and O–H groups in total. The van der Waals surface area contributed by atoms with Crippen LogP contribution in [0, 0.1) is 12.7 Å². The molecule has 0 aliphatic carbocycles. The van der Waals surface area contributed by atoms with E-state index in [1.165, 1.54) is 12.1 Å². The fourth-order valence-electron chi connectivity index (χ4n) is 1.92. The van der Waals surface area contributed by atoms with Gasteiger partial charge >= 0.3 is 0 Å². The molecule has 2 rings (SSSR count). The van der Waals surface area contributed by atoms with E-state index in [2.05, 4.69) is 0 Å². The zero-order chi connectivity index (χ0) is 14.5. The first kappa shape index (κ1) is 14.1. The van der Waals surface area contributed by atoms with Crippen LogP contribution < -0.4 is 9.47 Å². The molecule has 0 radical (unpaired) electrons. The van der Waals surface area contributed by atoms with Gasteiger partial charge in [-0.25, -0.2) is 4.39 Å². The standard InChI is InChI=1S/C16H15FO3/c1-11-3-4-16(19-2)13(5-11)10-20-15-7-12(9-18)6-14(17)8-15/h3-9H,10H2,1-2H3. The summed E-state index contributed by atoms with van der Waals surface area (Å²) < 4.78 is 24.1. The number of carbonyl (C=O) groups excluding carboxylic acids is 1. The van der Waals surface area contributed by atoms with Gasteiger partial charge in [0.25, 0.3) is 0 Å². The fourth-order valence-corrected chi connectivity index (χ4v) is 1.92. The summed E-state index contributed by atoms with van der Waals surface area (Å²) in [4.78, 5) is 10.7. The summed E-state index contributed by atoms with van der Waals surface area (Å²) in [6.07, 6.45) is 0.586. The molecular weight excluding hydrogens is 259 g/mol. The Labute approximate surface area is 117 Å². The summed E-state index contributed by atoms with van der Waals surface area (Å²) in [5.41, 5.74) is 2.19. The Kier molecular flexibility index (Phi) is 4.35. The smallest absolute Gasteiger partial charge is 0.150 e. The highest BCUT2D eigenvalue weighted by molar-refractivity contribution is 5.75. The first-order chi connectivity index (χ1) is 9.62. The predicted molar refractivity (Wildman–Crippen MR) is 73.9 cm³/mol. The van der Waals surface area contributed by atoms with Crippen LogP contribution in [-0.4, -0.2) is 13.4 Å². The van der Waals surface area contributed by atoms with E-state index in [1.807, 2.05) is 25.1 Å². The largest absolute Gasteiger partial charge is 0.496 e. The number of hydrogen-bond acceptors (Lipinski definition) is 3. The zero-order valence-electron chi connectivity index (χ0n) is 11.4. The lowest BCUT2D eigenvalue weighted by atomic mass is 10.1. The molecule has 0 saturated heterocycles. The Balaban J connectivity index is 2.18. The minimum atomic E-state index is -0.499. The van der Waals surface area contributed by atoms with Crippen LogP contribution in [0.2, 0.25) is 0 Å². The van der Waals surface area contributed by atoms with Gasteiger partial charge in [0.05, 0.1) is 7.11 Å². The van der Waals surface area contributed by atoms with Gasteiger partial charge in [0.15, 0.2) is 0 Å². The molecule has 2 aromatic carbocycles. The average Bonchev–Trinajstić information content (AvgIpc) is 2.44. The number of aldehydes is 1. The maximum Gasteiger partial charge on any atom is 0.150 e. The number of carbonyl (C=O) groups is 1. The van der Waals surface area contributed by atoms with Crippen molar-refractivity contribution in [2.75, 3.05) is 7.11 Å². The molecule has 4 heteroatoms. The van der Waals surface area contributed by atoms with Crippen LogP contribution >= 0.6 is 0 Å². The highest BCUT2D eigenvalue weighted by atomic mass is 19.1. The lowest BCUT2D eigenvalue weighted by molar-refractivity contribution is 0.112. The monoisotopic (exact) mass is 274 g/mol. The van der Waals surface area contributed by atoms with Crippen molar-refractivity contribution in [3.05, 3.63) is 58.9 Å².